The molecule has 1 atom stereocenters. The first kappa shape index (κ1) is 16.1. The number of nitrogens with zero attached hydrogens (tertiary/aromatic N) is 2. The summed E-state index contributed by atoms with van der Waals surface area (Å²) in [4.78, 5) is 16.1. The number of allylic oxidation sites excluding steroid dienone is 2. The molecule has 5 heteroatoms. The summed E-state index contributed by atoms with van der Waals surface area (Å²) < 4.78 is 4.71. The molecular formula is C18H20N2O2S. The molecule has 2 aliphatic rings. The lowest BCUT2D eigenvalue weighted by molar-refractivity contribution is -0.137. The van der Waals surface area contributed by atoms with E-state index in [2.05, 4.69) is 18.2 Å². The molecule has 1 aromatic heterocycles. The van der Waals surface area contributed by atoms with Gasteiger partial charge < -0.3 is 4.74 Å². The van der Waals surface area contributed by atoms with E-state index in [-0.39, 0.29) is 11.7 Å². The third-order valence-electron chi connectivity index (χ3n) is 4.58. The number of carbonyl (C=O) groups is 1. The monoisotopic (exact) mass is 328 g/mol. The molecule has 120 valence electrons. The van der Waals surface area contributed by atoms with Crippen LogP contribution in [0.1, 0.15) is 54.0 Å². The van der Waals surface area contributed by atoms with Crippen LogP contribution in [0.4, 0.5) is 0 Å². The zero-order valence-electron chi connectivity index (χ0n) is 13.3. The molecule has 0 N–H and O–H groups in total. The number of hydrogen-bond acceptors (Lipinski definition) is 5. The molecule has 23 heavy (non-hydrogen) atoms. The predicted octanol–water partition coefficient (Wildman–Crippen LogP) is 3.53. The number of ether oxygens (including phenoxy) is 1. The first-order valence-electron chi connectivity index (χ1n) is 8.05. The Labute approximate surface area is 140 Å². The zero-order valence-corrected chi connectivity index (χ0v) is 14.1. The van der Waals surface area contributed by atoms with Gasteiger partial charge in [0.1, 0.15) is 11.1 Å². The molecule has 0 spiro atoms. The molecule has 0 amide bonds. The molecule has 1 aromatic rings. The van der Waals surface area contributed by atoms with E-state index in [9.17, 15) is 10.1 Å². The van der Waals surface area contributed by atoms with E-state index >= 15 is 0 Å². The van der Waals surface area contributed by atoms with Gasteiger partial charge in [0.15, 0.2) is 0 Å². The Hall–Kier alpha value is -1.80. The minimum absolute atomic E-state index is 0.195. The second-order valence-electron chi connectivity index (χ2n) is 5.94. The number of esters is 1. The quantitative estimate of drug-likeness (QED) is 0.481. The number of hydrogen-bond donors (Lipinski definition) is 0. The SMILES string of the molecule is COC(=O)CSc1nc2c(c([C@@H]3CC=CCC3)c1C#N)CCC2. The van der Waals surface area contributed by atoms with Gasteiger partial charge in [-0.1, -0.05) is 23.9 Å². The van der Waals surface area contributed by atoms with Crippen molar-refractivity contribution in [2.75, 3.05) is 12.9 Å². The van der Waals surface area contributed by atoms with Gasteiger partial charge in [-0.2, -0.15) is 5.26 Å². The van der Waals surface area contributed by atoms with Gasteiger partial charge in [-0.15, -0.1) is 0 Å². The highest BCUT2D eigenvalue weighted by Crippen LogP contribution is 2.40. The Morgan fingerprint density at radius 2 is 2.35 bits per heavy atom. The van der Waals surface area contributed by atoms with Gasteiger partial charge in [-0.25, -0.2) is 4.98 Å². The second kappa shape index (κ2) is 7.18. The van der Waals surface area contributed by atoms with E-state index in [1.54, 1.807) is 0 Å². The summed E-state index contributed by atoms with van der Waals surface area (Å²) in [6.07, 6.45) is 10.7. The van der Waals surface area contributed by atoms with Crippen LogP contribution in [0.3, 0.4) is 0 Å². The van der Waals surface area contributed by atoms with E-state index in [1.807, 2.05) is 0 Å². The Balaban J connectivity index is 2.02. The van der Waals surface area contributed by atoms with Crippen molar-refractivity contribution in [3.63, 3.8) is 0 Å². The average Bonchev–Trinajstić information content (AvgIpc) is 3.06. The summed E-state index contributed by atoms with van der Waals surface area (Å²) in [6.45, 7) is 0. The van der Waals surface area contributed by atoms with Gasteiger partial charge in [0.25, 0.3) is 0 Å². The highest BCUT2D eigenvalue weighted by Gasteiger charge is 2.28. The maximum atomic E-state index is 11.4. The smallest absolute Gasteiger partial charge is 0.316 e. The van der Waals surface area contributed by atoms with Crippen LogP contribution < -0.4 is 0 Å². The fourth-order valence-electron chi connectivity index (χ4n) is 3.49. The molecule has 0 radical (unpaired) electrons. The van der Waals surface area contributed by atoms with Gasteiger partial charge in [0, 0.05) is 5.69 Å². The molecule has 0 saturated carbocycles. The van der Waals surface area contributed by atoms with Crippen LogP contribution in [0.25, 0.3) is 0 Å². The number of carbonyl (C=O) groups excluding carboxylic acids is 1. The number of nitriles is 1. The van der Waals surface area contributed by atoms with E-state index in [0.29, 0.717) is 16.5 Å². The van der Waals surface area contributed by atoms with Gasteiger partial charge in [0.05, 0.1) is 18.4 Å². The van der Waals surface area contributed by atoms with Gasteiger partial charge >= 0.3 is 5.97 Å². The fourth-order valence-corrected chi connectivity index (χ4v) is 4.34. The number of thioether (sulfide) groups is 1. The van der Waals surface area contributed by atoms with Gasteiger partial charge in [-0.3, -0.25) is 4.79 Å². The summed E-state index contributed by atoms with van der Waals surface area (Å²) in [5.41, 5.74) is 4.30. The maximum absolute atomic E-state index is 11.4. The highest BCUT2D eigenvalue weighted by atomic mass is 32.2. The fraction of sp³-hybridized carbons (Fsp3) is 0.500. The summed E-state index contributed by atoms with van der Waals surface area (Å²) in [5, 5.41) is 10.4. The van der Waals surface area contributed by atoms with Gasteiger partial charge in [-0.05, 0) is 55.6 Å². The molecule has 0 saturated heterocycles. The van der Waals surface area contributed by atoms with Crippen molar-refractivity contribution in [2.45, 2.75) is 49.5 Å². The van der Waals surface area contributed by atoms with Crippen molar-refractivity contribution in [2.24, 2.45) is 0 Å². The van der Waals surface area contributed by atoms with Crippen molar-refractivity contribution in [3.05, 3.63) is 34.5 Å². The average molecular weight is 328 g/mol. The Morgan fingerprint density at radius 1 is 1.48 bits per heavy atom. The minimum atomic E-state index is -0.289. The molecular weight excluding hydrogens is 308 g/mol. The molecule has 0 aliphatic heterocycles. The zero-order chi connectivity index (χ0) is 16.2. The van der Waals surface area contributed by atoms with Crippen molar-refractivity contribution in [3.8, 4) is 6.07 Å². The molecule has 2 aliphatic carbocycles. The molecule has 0 bridgehead atoms. The molecule has 0 fully saturated rings. The normalized spacial score (nSPS) is 19.2. The summed E-state index contributed by atoms with van der Waals surface area (Å²) in [5.74, 6) is 0.311. The second-order valence-corrected chi connectivity index (χ2v) is 6.91. The standard InChI is InChI=1S/C18H20N2O2S/c1-22-16(21)11-23-18-14(10-19)17(12-6-3-2-4-7-12)13-8-5-9-15(13)20-18/h2-3,12H,4-9,11H2,1H3/t12-/m1/s1. The number of pyridine rings is 1. The predicted molar refractivity (Wildman–Crippen MR) is 89.4 cm³/mol. The first-order valence-corrected chi connectivity index (χ1v) is 9.03. The summed E-state index contributed by atoms with van der Waals surface area (Å²) in [6, 6.07) is 2.37. The molecule has 0 aromatic carbocycles. The van der Waals surface area contributed by atoms with Gasteiger partial charge in [0.2, 0.25) is 0 Å². The Morgan fingerprint density at radius 3 is 3.04 bits per heavy atom. The van der Waals surface area contributed by atoms with Crippen molar-refractivity contribution in [1.82, 2.24) is 4.98 Å². The van der Waals surface area contributed by atoms with E-state index < -0.39 is 0 Å². The van der Waals surface area contributed by atoms with Crippen molar-refractivity contribution >= 4 is 17.7 Å². The Bertz CT molecular complexity index is 691. The van der Waals surface area contributed by atoms with Crippen LogP contribution in [-0.2, 0) is 22.4 Å². The van der Waals surface area contributed by atoms with E-state index in [0.717, 1.165) is 44.2 Å². The summed E-state index contributed by atoms with van der Waals surface area (Å²) in [7, 11) is 1.38. The van der Waals surface area contributed by atoms with Crippen molar-refractivity contribution in [1.29, 1.82) is 5.26 Å². The van der Waals surface area contributed by atoms with Crippen LogP contribution in [0.15, 0.2) is 17.2 Å². The number of aryl methyl sites for hydroxylation is 1. The van der Waals surface area contributed by atoms with Crippen LogP contribution >= 0.6 is 11.8 Å². The molecule has 4 nitrogen and oxygen atoms in total. The molecule has 0 unspecified atom stereocenters. The van der Waals surface area contributed by atoms with Crippen LogP contribution in [0.5, 0.6) is 0 Å². The Kier molecular flexibility index (Phi) is 5.02. The van der Waals surface area contributed by atoms with Crippen LogP contribution in [0, 0.1) is 11.3 Å². The van der Waals surface area contributed by atoms with Crippen LogP contribution in [-0.4, -0.2) is 23.8 Å². The van der Waals surface area contributed by atoms with E-state index in [1.165, 1.54) is 30.0 Å². The summed E-state index contributed by atoms with van der Waals surface area (Å²) >= 11 is 1.32. The third-order valence-corrected chi connectivity index (χ3v) is 5.53. The number of fused-ring (bicyclic) bond motifs is 1. The number of methoxy groups -OCH3 is 1. The topological polar surface area (TPSA) is 63.0 Å². The first-order chi connectivity index (χ1) is 11.2. The van der Waals surface area contributed by atoms with Crippen LogP contribution in [0.2, 0.25) is 0 Å². The van der Waals surface area contributed by atoms with E-state index in [4.69, 9.17) is 9.72 Å². The largest absolute Gasteiger partial charge is 0.468 e. The third kappa shape index (κ3) is 3.28. The molecule has 1 heterocycles. The lowest BCUT2D eigenvalue weighted by Gasteiger charge is -2.23. The minimum Gasteiger partial charge on any atom is -0.468 e. The lowest BCUT2D eigenvalue weighted by Crippen LogP contribution is -2.11. The maximum Gasteiger partial charge on any atom is 0.316 e. The van der Waals surface area contributed by atoms with Crippen molar-refractivity contribution < 1.29 is 9.53 Å². The number of aromatic nitrogens is 1. The highest BCUT2D eigenvalue weighted by molar-refractivity contribution is 7.99. The lowest BCUT2D eigenvalue weighted by atomic mass is 9.83. The number of rotatable bonds is 4. The molecule has 3 rings (SSSR count).